The number of nitrogens with one attached hydrogen (secondary N) is 1. The van der Waals surface area contributed by atoms with E-state index < -0.39 is 0 Å². The molecule has 0 spiro atoms. The van der Waals surface area contributed by atoms with Crippen LogP contribution in [0.3, 0.4) is 0 Å². The zero-order valence-corrected chi connectivity index (χ0v) is 17.6. The van der Waals surface area contributed by atoms with Gasteiger partial charge < -0.3 is 10.1 Å². The van der Waals surface area contributed by atoms with Crippen LogP contribution in [0.2, 0.25) is 0 Å². The lowest BCUT2D eigenvalue weighted by Gasteiger charge is -2.29. The van der Waals surface area contributed by atoms with Crippen molar-refractivity contribution >= 4 is 16.7 Å². The van der Waals surface area contributed by atoms with E-state index in [2.05, 4.69) is 26.1 Å². The van der Waals surface area contributed by atoms with Gasteiger partial charge in [-0.05, 0) is 49.9 Å². The number of aryl methyl sites for hydroxylation is 1. The van der Waals surface area contributed by atoms with E-state index in [0.717, 1.165) is 59.4 Å². The fourth-order valence-corrected chi connectivity index (χ4v) is 4.32. The number of pyridine rings is 1. The second-order valence-electron chi connectivity index (χ2n) is 8.03. The van der Waals surface area contributed by atoms with Crippen molar-refractivity contribution in [2.24, 2.45) is 7.05 Å². The molecule has 7 nitrogen and oxygen atoms in total. The summed E-state index contributed by atoms with van der Waals surface area (Å²) in [6, 6.07) is 8.59. The van der Waals surface area contributed by atoms with Crippen molar-refractivity contribution < 1.29 is 9.13 Å². The summed E-state index contributed by atoms with van der Waals surface area (Å²) in [7, 11) is 3.78. The number of rotatable bonds is 5. The van der Waals surface area contributed by atoms with Gasteiger partial charge >= 0.3 is 0 Å². The van der Waals surface area contributed by atoms with Crippen LogP contribution in [0.25, 0.3) is 22.2 Å². The largest absolute Gasteiger partial charge is 0.490 e. The third-order valence-corrected chi connectivity index (χ3v) is 5.93. The Hall–Kier alpha value is -3.42. The maximum Gasteiger partial charge on any atom is 0.127 e. The van der Waals surface area contributed by atoms with E-state index in [1.807, 2.05) is 32.7 Å². The number of ether oxygens (including phenoxy) is 1. The summed E-state index contributed by atoms with van der Waals surface area (Å²) in [5.74, 6) is 1.29. The van der Waals surface area contributed by atoms with Gasteiger partial charge in [-0.15, -0.1) is 0 Å². The Morgan fingerprint density at radius 3 is 2.55 bits per heavy atom. The van der Waals surface area contributed by atoms with Gasteiger partial charge in [0.15, 0.2) is 0 Å². The Balaban J connectivity index is 1.40. The fourth-order valence-electron chi connectivity index (χ4n) is 4.32. The zero-order chi connectivity index (χ0) is 21.4. The third-order valence-electron chi connectivity index (χ3n) is 5.93. The molecule has 0 atom stereocenters. The monoisotopic (exact) mass is 420 g/mol. The molecule has 0 radical (unpaired) electrons. The normalized spacial score (nSPS) is 18.9. The summed E-state index contributed by atoms with van der Waals surface area (Å²) in [6.45, 7) is 0. The van der Waals surface area contributed by atoms with E-state index in [-0.39, 0.29) is 18.0 Å². The van der Waals surface area contributed by atoms with Crippen molar-refractivity contribution in [3.8, 4) is 17.0 Å². The van der Waals surface area contributed by atoms with Crippen LogP contribution < -0.4 is 10.1 Å². The summed E-state index contributed by atoms with van der Waals surface area (Å²) in [5.41, 5.74) is 2.96. The molecule has 0 aliphatic heterocycles. The number of aromatic nitrogens is 5. The van der Waals surface area contributed by atoms with Gasteiger partial charge in [0, 0.05) is 43.5 Å². The molecule has 1 saturated carbocycles. The van der Waals surface area contributed by atoms with Gasteiger partial charge in [0.2, 0.25) is 0 Å². The van der Waals surface area contributed by atoms with Crippen molar-refractivity contribution in [3.05, 3.63) is 54.7 Å². The molecule has 4 aromatic rings. The summed E-state index contributed by atoms with van der Waals surface area (Å²) >= 11 is 0. The Morgan fingerprint density at radius 2 is 1.87 bits per heavy atom. The fraction of sp³-hybridized carbons (Fsp3) is 0.348. The van der Waals surface area contributed by atoms with Crippen molar-refractivity contribution in [2.75, 3.05) is 12.4 Å². The number of hydrogen-bond acceptors (Lipinski definition) is 5. The van der Waals surface area contributed by atoms with E-state index in [0.29, 0.717) is 0 Å². The molecule has 3 aromatic heterocycles. The van der Waals surface area contributed by atoms with Crippen molar-refractivity contribution in [3.63, 3.8) is 0 Å². The van der Waals surface area contributed by atoms with E-state index in [9.17, 15) is 4.39 Å². The maximum absolute atomic E-state index is 13.1. The number of nitrogens with zero attached hydrogens (tertiary/aromatic N) is 5. The SMILES string of the molecule is CNc1cc2c(cn1)c(-c1cnn(C)c1)nn2C1CCC(Oc2ccc(F)cc2)CC1. The van der Waals surface area contributed by atoms with Gasteiger partial charge in [-0.2, -0.15) is 10.2 Å². The Labute approximate surface area is 179 Å². The van der Waals surface area contributed by atoms with Gasteiger partial charge in [-0.1, -0.05) is 0 Å². The third kappa shape index (κ3) is 3.85. The van der Waals surface area contributed by atoms with Crippen LogP contribution in [0.4, 0.5) is 10.2 Å². The minimum Gasteiger partial charge on any atom is -0.490 e. The molecule has 0 saturated heterocycles. The molecule has 1 aliphatic rings. The molecule has 3 heterocycles. The topological polar surface area (TPSA) is 69.8 Å². The molecule has 1 aliphatic carbocycles. The highest BCUT2D eigenvalue weighted by molar-refractivity contribution is 5.93. The van der Waals surface area contributed by atoms with Crippen LogP contribution >= 0.6 is 0 Å². The van der Waals surface area contributed by atoms with Crippen LogP contribution in [-0.4, -0.2) is 37.7 Å². The van der Waals surface area contributed by atoms with E-state index >= 15 is 0 Å². The predicted molar refractivity (Wildman–Crippen MR) is 118 cm³/mol. The van der Waals surface area contributed by atoms with E-state index in [1.165, 1.54) is 12.1 Å². The van der Waals surface area contributed by atoms with Crippen LogP contribution in [0.15, 0.2) is 48.9 Å². The first-order chi connectivity index (χ1) is 15.1. The van der Waals surface area contributed by atoms with Gasteiger partial charge in [-0.25, -0.2) is 9.37 Å². The molecule has 0 bridgehead atoms. The van der Waals surface area contributed by atoms with Crippen LogP contribution in [0, 0.1) is 5.82 Å². The molecule has 31 heavy (non-hydrogen) atoms. The summed E-state index contributed by atoms with van der Waals surface area (Å²) in [5, 5.41) is 13.5. The van der Waals surface area contributed by atoms with Gasteiger partial charge in [0.05, 0.1) is 23.9 Å². The molecule has 8 heteroatoms. The number of anilines is 1. The first kappa shape index (κ1) is 19.5. The molecular weight excluding hydrogens is 395 g/mol. The molecule has 1 fully saturated rings. The van der Waals surface area contributed by atoms with Crippen LogP contribution in [0.5, 0.6) is 5.75 Å². The maximum atomic E-state index is 13.1. The second kappa shape index (κ2) is 8.02. The quantitative estimate of drug-likeness (QED) is 0.512. The average molecular weight is 420 g/mol. The Kier molecular flexibility index (Phi) is 5.05. The van der Waals surface area contributed by atoms with Gasteiger partial charge in [-0.3, -0.25) is 9.36 Å². The zero-order valence-electron chi connectivity index (χ0n) is 17.6. The molecule has 0 unspecified atom stereocenters. The number of fused-ring (bicyclic) bond motifs is 1. The smallest absolute Gasteiger partial charge is 0.127 e. The lowest BCUT2D eigenvalue weighted by molar-refractivity contribution is 0.131. The number of hydrogen-bond donors (Lipinski definition) is 1. The molecule has 1 N–H and O–H groups in total. The van der Waals surface area contributed by atoms with Crippen molar-refractivity contribution in [1.82, 2.24) is 24.5 Å². The molecular formula is C23H25FN6O. The molecule has 1 aromatic carbocycles. The van der Waals surface area contributed by atoms with Crippen LogP contribution in [0.1, 0.15) is 31.7 Å². The Bertz CT molecular complexity index is 1190. The highest BCUT2D eigenvalue weighted by atomic mass is 19.1. The van der Waals surface area contributed by atoms with Crippen molar-refractivity contribution in [1.29, 1.82) is 0 Å². The first-order valence-electron chi connectivity index (χ1n) is 10.6. The lowest BCUT2D eigenvalue weighted by atomic mass is 9.93. The number of benzene rings is 1. The lowest BCUT2D eigenvalue weighted by Crippen LogP contribution is -2.26. The minimum absolute atomic E-state index is 0.135. The van der Waals surface area contributed by atoms with E-state index in [1.54, 1.807) is 16.8 Å². The first-order valence-corrected chi connectivity index (χ1v) is 10.6. The van der Waals surface area contributed by atoms with Gasteiger partial charge in [0.1, 0.15) is 23.1 Å². The Morgan fingerprint density at radius 1 is 1.10 bits per heavy atom. The minimum atomic E-state index is -0.249. The standard InChI is InChI=1S/C23H25FN6O/c1-25-22-11-21-20(13-26-22)23(15-12-27-29(2)14-15)28-30(21)17-5-9-19(10-6-17)31-18-7-3-16(24)4-8-18/h3-4,7-8,11-14,17,19H,5-6,9-10H2,1-2H3,(H,25,26). The average Bonchev–Trinajstić information content (AvgIpc) is 3.39. The summed E-state index contributed by atoms with van der Waals surface area (Å²) in [6.07, 6.45) is 9.62. The predicted octanol–water partition coefficient (Wildman–Crippen LogP) is 4.58. The van der Waals surface area contributed by atoms with E-state index in [4.69, 9.17) is 9.84 Å². The molecule has 0 amide bonds. The highest BCUT2D eigenvalue weighted by Gasteiger charge is 2.27. The van der Waals surface area contributed by atoms with Crippen molar-refractivity contribution in [2.45, 2.75) is 37.8 Å². The highest BCUT2D eigenvalue weighted by Crippen LogP contribution is 2.36. The van der Waals surface area contributed by atoms with Gasteiger partial charge in [0.25, 0.3) is 0 Å². The van der Waals surface area contributed by atoms with Crippen LogP contribution in [-0.2, 0) is 7.05 Å². The second-order valence-corrected chi connectivity index (χ2v) is 8.03. The molecule has 5 rings (SSSR count). The molecule has 160 valence electrons. The number of halogens is 1. The summed E-state index contributed by atoms with van der Waals surface area (Å²) in [4.78, 5) is 4.50. The summed E-state index contributed by atoms with van der Waals surface area (Å²) < 4.78 is 23.1.